The molecule has 0 N–H and O–H groups in total. The molecule has 6 aromatic carbocycles. The minimum absolute atomic E-state index is 0.0315. The van der Waals surface area contributed by atoms with Gasteiger partial charge in [-0.3, -0.25) is 4.90 Å². The number of nitrogens with zero attached hydrogens (tertiary/aromatic N) is 4. The summed E-state index contributed by atoms with van der Waals surface area (Å²) >= 11 is 1.68. The molecule has 0 saturated carbocycles. The zero-order chi connectivity index (χ0) is 32.7. The molecular weight excluding hydrogens is 605 g/mol. The van der Waals surface area contributed by atoms with Crippen LogP contribution in [0.25, 0.3) is 27.5 Å². The van der Waals surface area contributed by atoms with Gasteiger partial charge in [-0.05, 0) is 89.8 Å². The van der Waals surface area contributed by atoms with Gasteiger partial charge in [0.25, 0.3) is 0 Å². The van der Waals surface area contributed by atoms with Gasteiger partial charge in [0, 0.05) is 39.2 Å². The van der Waals surface area contributed by atoms with Gasteiger partial charge in [-0.2, -0.15) is 0 Å². The molecule has 0 bridgehead atoms. The third-order valence-electron chi connectivity index (χ3n) is 8.82. The smallest absolute Gasteiger partial charge is 0.196 e. The van der Waals surface area contributed by atoms with E-state index in [4.69, 9.17) is 4.98 Å². The van der Waals surface area contributed by atoms with E-state index in [0.717, 1.165) is 38.6 Å². The Morgan fingerprint density at radius 1 is 0.521 bits per heavy atom. The summed E-state index contributed by atoms with van der Waals surface area (Å²) < 4.78 is 2.38. The molecular formula is C43H36N4S. The van der Waals surface area contributed by atoms with Crippen molar-refractivity contribution in [2.45, 2.75) is 26.2 Å². The normalized spacial score (nSPS) is 11.6. The summed E-state index contributed by atoms with van der Waals surface area (Å²) in [5.41, 5.74) is 9.19. The van der Waals surface area contributed by atoms with Crippen LogP contribution < -0.4 is 9.80 Å². The Morgan fingerprint density at radius 3 is 1.58 bits per heavy atom. The molecule has 0 fully saturated rings. The van der Waals surface area contributed by atoms with Crippen molar-refractivity contribution in [2.24, 2.45) is 0 Å². The number of hydrogen-bond donors (Lipinski definition) is 0. The molecule has 0 aliphatic carbocycles. The molecule has 2 aromatic heterocycles. The van der Waals surface area contributed by atoms with E-state index in [1.54, 1.807) is 11.3 Å². The summed E-state index contributed by atoms with van der Waals surface area (Å²) in [6.07, 6.45) is 1.99. The molecule has 0 atom stereocenters. The first kappa shape index (κ1) is 29.7. The lowest BCUT2D eigenvalue weighted by molar-refractivity contribution is 0.591. The molecule has 5 heteroatoms. The highest BCUT2D eigenvalue weighted by molar-refractivity contribution is 7.19. The second-order valence-electron chi connectivity index (χ2n) is 13.0. The number of hydrogen-bond acceptors (Lipinski definition) is 4. The zero-order valence-corrected chi connectivity index (χ0v) is 28.1. The van der Waals surface area contributed by atoms with Crippen LogP contribution in [0.1, 0.15) is 26.3 Å². The standard InChI is InChI=1S/C43H36N4S/c1-43(2,3)31-24-26-39-37(28-31)38-29-36(25-27-40(38)47(39)35-22-14-7-15-23-35)46(34-20-12-6-13-21-34)42-44-30-41(48-42)45(32-16-8-4-9-17-32)33-18-10-5-11-19-33/h4-30H,1-3H3. The van der Waals surface area contributed by atoms with Crippen LogP contribution in [0.4, 0.5) is 32.9 Å². The maximum absolute atomic E-state index is 5.08. The molecule has 0 aliphatic heterocycles. The number of aromatic nitrogens is 2. The van der Waals surface area contributed by atoms with Gasteiger partial charge in [-0.1, -0.05) is 111 Å². The largest absolute Gasteiger partial charge is 0.309 e. The summed E-state index contributed by atoms with van der Waals surface area (Å²) in [5.74, 6) is 0. The first-order chi connectivity index (χ1) is 23.5. The van der Waals surface area contributed by atoms with Gasteiger partial charge in [-0.15, -0.1) is 0 Å². The number of rotatable bonds is 7. The Morgan fingerprint density at radius 2 is 1.02 bits per heavy atom. The SMILES string of the molecule is CC(C)(C)c1ccc2c(c1)c1cc(N(c3ccccc3)c3ncc(N(c4ccccc4)c4ccccc4)s3)ccc1n2-c1ccccc1. The van der Waals surface area contributed by atoms with E-state index in [2.05, 4.69) is 193 Å². The van der Waals surface area contributed by atoms with E-state index in [1.807, 2.05) is 6.20 Å². The first-order valence-corrected chi connectivity index (χ1v) is 17.1. The van der Waals surface area contributed by atoms with Crippen molar-refractivity contribution in [1.29, 1.82) is 0 Å². The predicted molar refractivity (Wildman–Crippen MR) is 205 cm³/mol. The fourth-order valence-corrected chi connectivity index (χ4v) is 7.44. The lowest BCUT2D eigenvalue weighted by Gasteiger charge is -2.24. The summed E-state index contributed by atoms with van der Waals surface area (Å²) in [7, 11) is 0. The monoisotopic (exact) mass is 640 g/mol. The highest BCUT2D eigenvalue weighted by atomic mass is 32.1. The molecule has 0 radical (unpaired) electrons. The predicted octanol–water partition coefficient (Wildman–Crippen LogP) is 12.5. The molecule has 8 aromatic rings. The van der Waals surface area contributed by atoms with Gasteiger partial charge in [0.1, 0.15) is 5.00 Å². The van der Waals surface area contributed by atoms with Crippen LogP contribution >= 0.6 is 11.3 Å². The van der Waals surface area contributed by atoms with Crippen molar-refractivity contribution in [3.05, 3.63) is 169 Å². The fourth-order valence-electron chi connectivity index (χ4n) is 6.44. The Labute approximate surface area is 285 Å². The quantitative estimate of drug-likeness (QED) is 0.173. The Balaban J connectivity index is 1.32. The average molecular weight is 641 g/mol. The minimum Gasteiger partial charge on any atom is -0.309 e. The zero-order valence-electron chi connectivity index (χ0n) is 27.3. The first-order valence-electron chi connectivity index (χ1n) is 16.3. The van der Waals surface area contributed by atoms with E-state index in [0.29, 0.717) is 0 Å². The van der Waals surface area contributed by atoms with E-state index >= 15 is 0 Å². The van der Waals surface area contributed by atoms with Crippen LogP contribution in [-0.2, 0) is 5.41 Å². The highest BCUT2D eigenvalue weighted by Crippen LogP contribution is 2.45. The lowest BCUT2D eigenvalue weighted by Crippen LogP contribution is -2.10. The Kier molecular flexibility index (Phi) is 7.54. The lowest BCUT2D eigenvalue weighted by atomic mass is 9.86. The molecule has 48 heavy (non-hydrogen) atoms. The van der Waals surface area contributed by atoms with Crippen LogP contribution in [0, 0.1) is 0 Å². The summed E-state index contributed by atoms with van der Waals surface area (Å²) in [4.78, 5) is 9.63. The molecule has 0 unspecified atom stereocenters. The Hall–Kier alpha value is -5.65. The number of para-hydroxylation sites is 4. The summed E-state index contributed by atoms with van der Waals surface area (Å²) in [5, 5.41) is 4.40. The van der Waals surface area contributed by atoms with E-state index in [9.17, 15) is 0 Å². The van der Waals surface area contributed by atoms with Crippen LogP contribution in [0.5, 0.6) is 0 Å². The summed E-state index contributed by atoms with van der Waals surface area (Å²) in [6.45, 7) is 6.84. The number of thiazole rings is 1. The summed E-state index contributed by atoms with van der Waals surface area (Å²) in [6, 6.07) is 56.0. The third kappa shape index (κ3) is 5.42. The van der Waals surface area contributed by atoms with Gasteiger partial charge in [-0.25, -0.2) is 4.98 Å². The second kappa shape index (κ2) is 12.2. The van der Waals surface area contributed by atoms with Crippen molar-refractivity contribution in [3.8, 4) is 5.69 Å². The van der Waals surface area contributed by atoms with Crippen LogP contribution in [0.2, 0.25) is 0 Å². The van der Waals surface area contributed by atoms with Crippen molar-refractivity contribution in [3.63, 3.8) is 0 Å². The maximum Gasteiger partial charge on any atom is 0.196 e. The molecule has 2 heterocycles. The van der Waals surface area contributed by atoms with E-state index in [-0.39, 0.29) is 5.41 Å². The van der Waals surface area contributed by atoms with Gasteiger partial charge < -0.3 is 9.47 Å². The number of anilines is 6. The third-order valence-corrected chi connectivity index (χ3v) is 9.79. The van der Waals surface area contributed by atoms with Crippen molar-refractivity contribution < 1.29 is 0 Å². The van der Waals surface area contributed by atoms with Gasteiger partial charge in [0.05, 0.1) is 17.2 Å². The van der Waals surface area contributed by atoms with Crippen molar-refractivity contribution in [2.75, 3.05) is 9.80 Å². The van der Waals surface area contributed by atoms with Crippen molar-refractivity contribution >= 4 is 66.0 Å². The topological polar surface area (TPSA) is 24.3 Å². The molecule has 8 rings (SSSR count). The van der Waals surface area contributed by atoms with Crippen LogP contribution in [0.3, 0.4) is 0 Å². The molecule has 4 nitrogen and oxygen atoms in total. The highest BCUT2D eigenvalue weighted by Gasteiger charge is 2.23. The van der Waals surface area contributed by atoms with E-state index < -0.39 is 0 Å². The molecule has 234 valence electrons. The maximum atomic E-state index is 5.08. The van der Waals surface area contributed by atoms with Gasteiger partial charge in [0.15, 0.2) is 5.13 Å². The molecule has 0 saturated heterocycles. The van der Waals surface area contributed by atoms with E-state index in [1.165, 1.54) is 27.4 Å². The number of benzene rings is 6. The minimum atomic E-state index is 0.0315. The van der Waals surface area contributed by atoms with Gasteiger partial charge in [0.2, 0.25) is 0 Å². The molecule has 0 aliphatic rings. The molecule has 0 spiro atoms. The number of fused-ring (bicyclic) bond motifs is 3. The Bertz CT molecular complexity index is 2280. The van der Waals surface area contributed by atoms with Crippen LogP contribution in [0.15, 0.2) is 164 Å². The fraction of sp³-hybridized carbons (Fsp3) is 0.0930. The second-order valence-corrected chi connectivity index (χ2v) is 14.0. The average Bonchev–Trinajstić information content (AvgIpc) is 3.72. The molecule has 0 amide bonds. The van der Waals surface area contributed by atoms with Crippen LogP contribution in [-0.4, -0.2) is 9.55 Å². The van der Waals surface area contributed by atoms with Gasteiger partial charge >= 0.3 is 0 Å². The van der Waals surface area contributed by atoms with Crippen molar-refractivity contribution in [1.82, 2.24) is 9.55 Å².